The number of hydrogen-bond acceptors (Lipinski definition) is 3. The fourth-order valence-electron chi connectivity index (χ4n) is 0.616. The minimum absolute atomic E-state index is 0.111. The van der Waals surface area contributed by atoms with Crippen molar-refractivity contribution in [3.63, 3.8) is 0 Å². The number of nitrogens with one attached hydrogen (secondary N) is 1. The Bertz CT molecular complexity index is 85.8. The highest BCUT2D eigenvalue weighted by Crippen LogP contribution is 1.81. The second kappa shape index (κ2) is 9.39. The van der Waals surface area contributed by atoms with Gasteiger partial charge in [0.2, 0.25) is 0 Å². The van der Waals surface area contributed by atoms with Gasteiger partial charge in [-0.1, -0.05) is 6.92 Å². The molecule has 0 heterocycles. The van der Waals surface area contributed by atoms with E-state index in [2.05, 4.69) is 0 Å². The fourth-order valence-corrected chi connectivity index (χ4v) is 0.616. The lowest BCUT2D eigenvalue weighted by atomic mass is 10.3. The third kappa shape index (κ3) is 17.7. The summed E-state index contributed by atoms with van der Waals surface area (Å²) in [7, 11) is 4.08. The van der Waals surface area contributed by atoms with Crippen LogP contribution in [0.5, 0.6) is 0 Å². The number of rotatable bonds is 3. The van der Waals surface area contributed by atoms with E-state index in [4.69, 9.17) is 15.0 Å². The number of hydrogen-bond donors (Lipinski definition) is 2. The number of aliphatic hydroxyl groups excluding tert-OH is 1. The molecule has 0 spiro atoms. The molecule has 0 amide bonds. The molecule has 0 aromatic heterocycles. The van der Waals surface area contributed by atoms with Gasteiger partial charge in [0.05, 0.1) is 14.1 Å². The maximum atomic E-state index is 9.01. The molecule has 4 heteroatoms. The summed E-state index contributed by atoms with van der Waals surface area (Å²) in [5.74, 6) is 0. The van der Waals surface area contributed by atoms with Crippen molar-refractivity contribution in [3.8, 4) is 0 Å². The van der Waals surface area contributed by atoms with Gasteiger partial charge in [-0.25, -0.2) is 0 Å². The van der Waals surface area contributed by atoms with E-state index in [0.29, 0.717) is 0 Å². The van der Waals surface area contributed by atoms with Crippen LogP contribution < -0.4 is 10.0 Å². The Morgan fingerprint density at radius 3 is 2.09 bits per heavy atom. The highest BCUT2D eigenvalue weighted by Gasteiger charge is 2.02. The number of aliphatic hydroxyl groups is 1. The van der Waals surface area contributed by atoms with Gasteiger partial charge in [-0.15, -0.1) is 0 Å². The Morgan fingerprint density at radius 2 is 2.00 bits per heavy atom. The van der Waals surface area contributed by atoms with Crippen LogP contribution in [0.4, 0.5) is 0 Å². The van der Waals surface area contributed by atoms with E-state index in [1.165, 1.54) is 4.90 Å². The highest BCUT2D eigenvalue weighted by molar-refractivity contribution is 5.29. The summed E-state index contributed by atoms with van der Waals surface area (Å²) in [6.45, 7) is 2.35. The van der Waals surface area contributed by atoms with Crippen LogP contribution in [0.3, 0.4) is 0 Å². The first kappa shape index (κ1) is 13.0. The minimum Gasteiger partial charge on any atom is -0.554 e. The minimum atomic E-state index is -0.500. The SMILES string of the molecule is CCC(O)C[NH+](C)C.O=C[O-]. The van der Waals surface area contributed by atoms with Gasteiger partial charge in [0.1, 0.15) is 12.6 Å². The van der Waals surface area contributed by atoms with E-state index in [1.54, 1.807) is 0 Å². The molecule has 0 aliphatic heterocycles. The Labute approximate surface area is 67.4 Å². The van der Waals surface area contributed by atoms with Crippen LogP contribution in [0.15, 0.2) is 0 Å². The molecular weight excluding hydrogens is 146 g/mol. The topological polar surface area (TPSA) is 64.8 Å². The third-order valence-corrected chi connectivity index (χ3v) is 1.12. The van der Waals surface area contributed by atoms with Crippen LogP contribution in [0.2, 0.25) is 0 Å². The quantitative estimate of drug-likeness (QED) is 0.444. The van der Waals surface area contributed by atoms with Crippen molar-refractivity contribution in [1.29, 1.82) is 0 Å². The van der Waals surface area contributed by atoms with E-state index >= 15 is 0 Å². The van der Waals surface area contributed by atoms with Gasteiger partial charge >= 0.3 is 0 Å². The zero-order chi connectivity index (χ0) is 9.28. The zero-order valence-corrected chi connectivity index (χ0v) is 7.33. The van der Waals surface area contributed by atoms with Crippen molar-refractivity contribution in [2.75, 3.05) is 20.6 Å². The predicted molar refractivity (Wildman–Crippen MR) is 40.0 cm³/mol. The van der Waals surface area contributed by atoms with Crippen molar-refractivity contribution < 1.29 is 19.9 Å². The summed E-state index contributed by atoms with van der Waals surface area (Å²) in [5, 5.41) is 17.3. The van der Waals surface area contributed by atoms with Crippen molar-refractivity contribution >= 4 is 6.47 Å². The Morgan fingerprint density at radius 1 is 1.64 bits per heavy atom. The van der Waals surface area contributed by atoms with Crippen LogP contribution in [0, 0.1) is 0 Å². The van der Waals surface area contributed by atoms with Crippen molar-refractivity contribution in [1.82, 2.24) is 0 Å². The molecule has 0 rings (SSSR count). The zero-order valence-electron chi connectivity index (χ0n) is 7.33. The average Bonchev–Trinajstić information content (AvgIpc) is 1.88. The smallest absolute Gasteiger partial charge is 0.103 e. The van der Waals surface area contributed by atoms with Crippen LogP contribution in [-0.4, -0.2) is 38.3 Å². The van der Waals surface area contributed by atoms with Crippen molar-refractivity contribution in [2.45, 2.75) is 19.4 Å². The highest BCUT2D eigenvalue weighted by atomic mass is 16.3. The molecule has 0 aromatic rings. The summed E-state index contributed by atoms with van der Waals surface area (Å²) in [4.78, 5) is 9.55. The number of likely N-dealkylation sites (N-methyl/N-ethyl adjacent to an activating group) is 1. The lowest BCUT2D eigenvalue weighted by Crippen LogP contribution is -3.07. The second-order valence-electron chi connectivity index (χ2n) is 2.57. The number of carbonyl (C=O) groups is 1. The van der Waals surface area contributed by atoms with Gasteiger partial charge in [0.25, 0.3) is 0 Å². The van der Waals surface area contributed by atoms with E-state index in [0.717, 1.165) is 13.0 Å². The van der Waals surface area contributed by atoms with E-state index in [-0.39, 0.29) is 6.10 Å². The summed E-state index contributed by atoms with van der Waals surface area (Å²) in [5.41, 5.74) is 0. The van der Waals surface area contributed by atoms with E-state index < -0.39 is 6.47 Å². The van der Waals surface area contributed by atoms with Crippen LogP contribution in [-0.2, 0) is 4.79 Å². The standard InChI is InChI=1S/C6H15NO.CH2O2/c1-4-6(8)5-7(2)3;2-1-3/h6,8H,4-5H2,1-3H3;1H,(H,2,3). The van der Waals surface area contributed by atoms with Gasteiger partial charge in [0.15, 0.2) is 0 Å². The molecule has 0 aliphatic rings. The number of carbonyl (C=O) groups excluding carboxylic acids is 1. The first-order valence-electron chi connectivity index (χ1n) is 3.61. The molecule has 0 saturated carbocycles. The number of carboxylic acid groups (broad SMARTS) is 1. The Kier molecular flexibility index (Phi) is 11.1. The fraction of sp³-hybridized carbons (Fsp3) is 0.857. The maximum Gasteiger partial charge on any atom is 0.103 e. The van der Waals surface area contributed by atoms with Gasteiger partial charge < -0.3 is 19.9 Å². The molecule has 1 unspecified atom stereocenters. The molecule has 68 valence electrons. The molecule has 0 radical (unpaired) electrons. The molecule has 0 bridgehead atoms. The molecular formula is C7H17NO3. The Balaban J connectivity index is 0. The molecule has 11 heavy (non-hydrogen) atoms. The third-order valence-electron chi connectivity index (χ3n) is 1.12. The summed E-state index contributed by atoms with van der Waals surface area (Å²) in [6.07, 6.45) is 0.755. The van der Waals surface area contributed by atoms with Crippen LogP contribution >= 0.6 is 0 Å². The monoisotopic (exact) mass is 163 g/mol. The number of quaternary nitrogens is 1. The molecule has 0 fully saturated rings. The Hall–Kier alpha value is -0.610. The van der Waals surface area contributed by atoms with Gasteiger partial charge in [-0.3, -0.25) is 0 Å². The van der Waals surface area contributed by atoms with Gasteiger partial charge in [-0.05, 0) is 6.42 Å². The molecule has 0 saturated heterocycles. The molecule has 4 nitrogen and oxygen atoms in total. The first-order valence-corrected chi connectivity index (χ1v) is 3.61. The predicted octanol–water partition coefficient (Wildman–Crippen LogP) is -2.73. The summed E-state index contributed by atoms with van der Waals surface area (Å²) >= 11 is 0. The molecule has 1 atom stereocenters. The van der Waals surface area contributed by atoms with Crippen LogP contribution in [0.1, 0.15) is 13.3 Å². The summed E-state index contributed by atoms with van der Waals surface area (Å²) in [6, 6.07) is 0. The maximum absolute atomic E-state index is 9.01. The first-order chi connectivity index (χ1) is 5.08. The molecule has 2 N–H and O–H groups in total. The van der Waals surface area contributed by atoms with Crippen molar-refractivity contribution in [3.05, 3.63) is 0 Å². The molecule has 0 aromatic carbocycles. The summed E-state index contributed by atoms with van der Waals surface area (Å²) < 4.78 is 0. The van der Waals surface area contributed by atoms with Crippen molar-refractivity contribution in [2.24, 2.45) is 0 Å². The van der Waals surface area contributed by atoms with E-state index in [1.807, 2.05) is 21.0 Å². The second-order valence-corrected chi connectivity index (χ2v) is 2.57. The lowest BCUT2D eigenvalue weighted by molar-refractivity contribution is -0.861. The van der Waals surface area contributed by atoms with Gasteiger partial charge in [-0.2, -0.15) is 0 Å². The average molecular weight is 163 g/mol. The lowest BCUT2D eigenvalue weighted by Gasteiger charge is -2.10. The molecule has 0 aliphatic carbocycles. The normalized spacial score (nSPS) is 11.7. The van der Waals surface area contributed by atoms with E-state index in [9.17, 15) is 0 Å². The largest absolute Gasteiger partial charge is 0.554 e. The van der Waals surface area contributed by atoms with Gasteiger partial charge in [0, 0.05) is 6.47 Å². The van der Waals surface area contributed by atoms with Crippen LogP contribution in [0.25, 0.3) is 0 Å².